The van der Waals surface area contributed by atoms with Crippen molar-refractivity contribution in [2.45, 2.75) is 32.9 Å². The molecule has 0 aromatic carbocycles. The van der Waals surface area contributed by atoms with Crippen molar-refractivity contribution in [2.24, 2.45) is 5.73 Å². The van der Waals surface area contributed by atoms with Gasteiger partial charge in [-0.25, -0.2) is 0 Å². The lowest BCUT2D eigenvalue weighted by Gasteiger charge is -2.26. The van der Waals surface area contributed by atoms with Gasteiger partial charge in [0.25, 0.3) is 0 Å². The van der Waals surface area contributed by atoms with Crippen molar-refractivity contribution in [3.8, 4) is 0 Å². The van der Waals surface area contributed by atoms with Gasteiger partial charge in [0.05, 0.1) is 5.69 Å². The minimum atomic E-state index is 0.450. The van der Waals surface area contributed by atoms with Gasteiger partial charge in [0, 0.05) is 24.8 Å². The molecule has 18 heavy (non-hydrogen) atoms. The molecule has 1 aromatic rings. The Morgan fingerprint density at radius 2 is 2.22 bits per heavy atom. The molecule has 0 aliphatic rings. The van der Waals surface area contributed by atoms with Crippen molar-refractivity contribution in [3.63, 3.8) is 0 Å². The van der Waals surface area contributed by atoms with Crippen molar-refractivity contribution in [1.82, 2.24) is 9.88 Å². The summed E-state index contributed by atoms with van der Waals surface area (Å²) in [4.78, 5) is 6.86. The lowest BCUT2D eigenvalue weighted by atomic mass is 10.2. The number of nitrogens with zero attached hydrogens (tertiary/aromatic N) is 2. The normalized spacial score (nSPS) is 12.9. The molecule has 1 rings (SSSR count). The van der Waals surface area contributed by atoms with E-state index in [2.05, 4.69) is 36.0 Å². The second kappa shape index (κ2) is 8.51. The first-order valence-corrected chi connectivity index (χ1v) is 7.73. The first-order valence-electron chi connectivity index (χ1n) is 6.58. The smallest absolute Gasteiger partial charge is 0.0547 e. The van der Waals surface area contributed by atoms with Crippen molar-refractivity contribution < 1.29 is 0 Å². The molecule has 1 atom stereocenters. The number of aromatic nitrogens is 1. The Bertz CT molecular complexity index is 344. The van der Waals surface area contributed by atoms with Gasteiger partial charge in [-0.1, -0.05) is 13.0 Å². The Kier molecular flexibility index (Phi) is 7.32. The lowest BCUT2D eigenvalue weighted by Crippen LogP contribution is -2.38. The molecule has 0 fully saturated rings. The van der Waals surface area contributed by atoms with Gasteiger partial charge in [-0.2, -0.15) is 11.8 Å². The van der Waals surface area contributed by atoms with Crippen LogP contribution in [-0.4, -0.2) is 41.0 Å². The van der Waals surface area contributed by atoms with Gasteiger partial charge in [0.15, 0.2) is 0 Å². The molecule has 0 bridgehead atoms. The maximum Gasteiger partial charge on any atom is 0.0547 e. The second-order valence-electron chi connectivity index (χ2n) is 4.56. The molecule has 1 heterocycles. The SMILES string of the molecule is CCSCCC(CN)N(C)Cc1cccc(C)n1. The van der Waals surface area contributed by atoms with E-state index in [9.17, 15) is 0 Å². The molecule has 0 radical (unpaired) electrons. The average molecular weight is 267 g/mol. The van der Waals surface area contributed by atoms with Gasteiger partial charge in [0.2, 0.25) is 0 Å². The highest BCUT2D eigenvalue weighted by Gasteiger charge is 2.13. The zero-order valence-corrected chi connectivity index (χ0v) is 12.5. The van der Waals surface area contributed by atoms with Gasteiger partial charge in [-0.05, 0) is 44.0 Å². The number of hydrogen-bond acceptors (Lipinski definition) is 4. The number of aryl methyl sites for hydroxylation is 1. The van der Waals surface area contributed by atoms with E-state index in [1.54, 1.807) is 0 Å². The van der Waals surface area contributed by atoms with E-state index in [1.165, 1.54) is 11.5 Å². The maximum absolute atomic E-state index is 5.87. The van der Waals surface area contributed by atoms with Crippen molar-refractivity contribution >= 4 is 11.8 Å². The third-order valence-electron chi connectivity index (χ3n) is 3.05. The summed E-state index contributed by atoms with van der Waals surface area (Å²) in [5.74, 6) is 2.37. The zero-order valence-electron chi connectivity index (χ0n) is 11.7. The molecule has 102 valence electrons. The molecule has 0 saturated carbocycles. The van der Waals surface area contributed by atoms with E-state index >= 15 is 0 Å². The molecule has 0 spiro atoms. The van der Waals surface area contributed by atoms with Crippen LogP contribution in [0.5, 0.6) is 0 Å². The van der Waals surface area contributed by atoms with E-state index in [4.69, 9.17) is 5.73 Å². The predicted molar refractivity (Wildman–Crippen MR) is 80.9 cm³/mol. The first kappa shape index (κ1) is 15.5. The zero-order chi connectivity index (χ0) is 13.4. The van der Waals surface area contributed by atoms with Crippen LogP contribution in [0.2, 0.25) is 0 Å². The summed E-state index contributed by atoms with van der Waals surface area (Å²) in [6, 6.07) is 6.63. The van der Waals surface area contributed by atoms with Crippen molar-refractivity contribution in [3.05, 3.63) is 29.6 Å². The fourth-order valence-electron chi connectivity index (χ4n) is 1.95. The van der Waals surface area contributed by atoms with Crippen molar-refractivity contribution in [2.75, 3.05) is 25.1 Å². The molecule has 1 aromatic heterocycles. The van der Waals surface area contributed by atoms with Crippen LogP contribution in [0.3, 0.4) is 0 Å². The van der Waals surface area contributed by atoms with Crippen LogP contribution in [0.1, 0.15) is 24.7 Å². The van der Waals surface area contributed by atoms with Gasteiger partial charge in [-0.15, -0.1) is 0 Å². The Morgan fingerprint density at radius 3 is 2.83 bits per heavy atom. The molecule has 3 nitrogen and oxygen atoms in total. The Hall–Kier alpha value is -0.580. The molecule has 4 heteroatoms. The van der Waals surface area contributed by atoms with E-state index < -0.39 is 0 Å². The van der Waals surface area contributed by atoms with Gasteiger partial charge in [0.1, 0.15) is 0 Å². The van der Waals surface area contributed by atoms with Crippen LogP contribution in [0.25, 0.3) is 0 Å². The molecular weight excluding hydrogens is 242 g/mol. The fourth-order valence-corrected chi connectivity index (χ4v) is 2.68. The molecule has 0 amide bonds. The third-order valence-corrected chi connectivity index (χ3v) is 3.98. The summed E-state index contributed by atoms with van der Waals surface area (Å²) < 4.78 is 0. The monoisotopic (exact) mass is 267 g/mol. The maximum atomic E-state index is 5.87. The largest absolute Gasteiger partial charge is 0.329 e. The highest BCUT2D eigenvalue weighted by atomic mass is 32.2. The Morgan fingerprint density at radius 1 is 1.44 bits per heavy atom. The number of nitrogens with two attached hydrogens (primary N) is 1. The van der Waals surface area contributed by atoms with E-state index in [0.717, 1.165) is 24.4 Å². The van der Waals surface area contributed by atoms with Crippen LogP contribution in [0, 0.1) is 6.92 Å². The Balaban J connectivity index is 2.48. The lowest BCUT2D eigenvalue weighted by molar-refractivity contribution is 0.231. The second-order valence-corrected chi connectivity index (χ2v) is 5.95. The highest BCUT2D eigenvalue weighted by molar-refractivity contribution is 7.99. The number of hydrogen-bond donors (Lipinski definition) is 1. The number of pyridine rings is 1. The van der Waals surface area contributed by atoms with Crippen LogP contribution in [0.15, 0.2) is 18.2 Å². The van der Waals surface area contributed by atoms with Crippen LogP contribution in [0.4, 0.5) is 0 Å². The molecule has 0 aliphatic carbocycles. The standard InChI is InChI=1S/C14H25N3S/c1-4-18-9-8-14(10-15)17(3)11-13-7-5-6-12(2)16-13/h5-7,14H,4,8-11,15H2,1-3H3. The molecular formula is C14H25N3S. The summed E-state index contributed by atoms with van der Waals surface area (Å²) in [6.07, 6.45) is 1.15. The van der Waals surface area contributed by atoms with Crippen LogP contribution < -0.4 is 5.73 Å². The van der Waals surface area contributed by atoms with Gasteiger partial charge < -0.3 is 5.73 Å². The van der Waals surface area contributed by atoms with Crippen molar-refractivity contribution in [1.29, 1.82) is 0 Å². The number of rotatable bonds is 8. The highest BCUT2D eigenvalue weighted by Crippen LogP contribution is 2.10. The van der Waals surface area contributed by atoms with Gasteiger partial charge >= 0.3 is 0 Å². The molecule has 2 N–H and O–H groups in total. The minimum Gasteiger partial charge on any atom is -0.329 e. The topological polar surface area (TPSA) is 42.1 Å². The van der Waals surface area contributed by atoms with Crippen LogP contribution >= 0.6 is 11.8 Å². The fraction of sp³-hybridized carbons (Fsp3) is 0.643. The summed E-state index contributed by atoms with van der Waals surface area (Å²) in [6.45, 7) is 5.82. The first-order chi connectivity index (χ1) is 8.67. The summed E-state index contributed by atoms with van der Waals surface area (Å²) >= 11 is 1.98. The molecule has 0 aliphatic heterocycles. The quantitative estimate of drug-likeness (QED) is 0.734. The summed E-state index contributed by atoms with van der Waals surface area (Å²) in [7, 11) is 2.14. The van der Waals surface area contributed by atoms with Crippen LogP contribution in [-0.2, 0) is 6.54 Å². The summed E-state index contributed by atoms with van der Waals surface area (Å²) in [5, 5.41) is 0. The average Bonchev–Trinajstić information content (AvgIpc) is 2.34. The summed E-state index contributed by atoms with van der Waals surface area (Å²) in [5.41, 5.74) is 8.07. The Labute approximate surface area is 115 Å². The number of likely N-dealkylation sites (N-methyl/N-ethyl adjacent to an activating group) is 1. The predicted octanol–water partition coefficient (Wildman–Crippen LogP) is 2.29. The molecule has 1 unspecified atom stereocenters. The van der Waals surface area contributed by atoms with E-state index in [0.29, 0.717) is 12.6 Å². The molecule has 0 saturated heterocycles. The third kappa shape index (κ3) is 5.38. The minimum absolute atomic E-state index is 0.450. The van der Waals surface area contributed by atoms with Gasteiger partial charge in [-0.3, -0.25) is 9.88 Å². The number of thioether (sulfide) groups is 1. The van der Waals surface area contributed by atoms with E-state index in [1.807, 2.05) is 24.8 Å². The van der Waals surface area contributed by atoms with E-state index in [-0.39, 0.29) is 0 Å².